The minimum atomic E-state index is -5.73. The first-order valence-corrected chi connectivity index (χ1v) is 9.41. The smallest absolute Gasteiger partial charge is 0.456 e. The van der Waals surface area contributed by atoms with Gasteiger partial charge in [0.25, 0.3) is 5.91 Å². The van der Waals surface area contributed by atoms with Crippen LogP contribution < -0.4 is 15.4 Å². The van der Waals surface area contributed by atoms with E-state index in [4.69, 9.17) is 0 Å². The lowest BCUT2D eigenvalue weighted by molar-refractivity contribution is -0.290. The van der Waals surface area contributed by atoms with Gasteiger partial charge < -0.3 is 10.1 Å². The molecule has 13 heteroatoms. The number of rotatable bonds is 8. The maximum atomic E-state index is 12.9. The van der Waals surface area contributed by atoms with Gasteiger partial charge in [0, 0.05) is 30.4 Å². The first-order valence-electron chi connectivity index (χ1n) is 9.41. The number of pyridine rings is 1. The average molecular weight is 459 g/mol. The van der Waals surface area contributed by atoms with E-state index < -0.39 is 30.5 Å². The molecular weight excluding hydrogens is 441 g/mol. The van der Waals surface area contributed by atoms with E-state index in [0.717, 1.165) is 25.1 Å². The highest BCUT2D eigenvalue weighted by Crippen LogP contribution is 2.35. The molecule has 0 aliphatic heterocycles. The van der Waals surface area contributed by atoms with Crippen molar-refractivity contribution in [2.75, 3.05) is 11.9 Å². The second-order valence-corrected chi connectivity index (χ2v) is 7.16. The lowest BCUT2D eigenvalue weighted by atomic mass is 10.2. The van der Waals surface area contributed by atoms with Crippen molar-refractivity contribution in [3.63, 3.8) is 0 Å². The second kappa shape index (κ2) is 9.01. The van der Waals surface area contributed by atoms with Crippen LogP contribution in [0.3, 0.4) is 0 Å². The van der Waals surface area contributed by atoms with E-state index in [9.17, 15) is 31.5 Å². The van der Waals surface area contributed by atoms with Gasteiger partial charge in [-0.05, 0) is 31.4 Å². The second-order valence-electron chi connectivity index (χ2n) is 7.16. The predicted molar refractivity (Wildman–Crippen MR) is 100 cm³/mol. The number of anilines is 1. The van der Waals surface area contributed by atoms with Crippen molar-refractivity contribution in [3.8, 4) is 5.88 Å². The van der Waals surface area contributed by atoms with E-state index in [0.29, 0.717) is 11.3 Å². The Morgan fingerprint density at radius 2 is 1.88 bits per heavy atom. The zero-order valence-corrected chi connectivity index (χ0v) is 16.7. The van der Waals surface area contributed by atoms with Crippen molar-refractivity contribution < 1.29 is 36.3 Å². The van der Waals surface area contributed by atoms with Crippen LogP contribution in [0.15, 0.2) is 24.4 Å². The summed E-state index contributed by atoms with van der Waals surface area (Å²) < 4.78 is 66.6. The molecular formula is C19H18F5N5O3. The van der Waals surface area contributed by atoms with Crippen molar-refractivity contribution in [2.24, 2.45) is 5.92 Å². The molecule has 0 unspecified atom stereocenters. The van der Waals surface area contributed by atoms with Crippen molar-refractivity contribution >= 4 is 17.8 Å². The predicted octanol–water partition coefficient (Wildman–Crippen LogP) is 3.03. The molecule has 8 nitrogen and oxygen atoms in total. The minimum absolute atomic E-state index is 0.0193. The van der Waals surface area contributed by atoms with Gasteiger partial charge in [-0.2, -0.15) is 22.0 Å². The van der Waals surface area contributed by atoms with Crippen LogP contribution in [0.5, 0.6) is 5.88 Å². The van der Waals surface area contributed by atoms with Crippen LogP contribution >= 0.6 is 0 Å². The van der Waals surface area contributed by atoms with Gasteiger partial charge in [-0.1, -0.05) is 6.07 Å². The van der Waals surface area contributed by atoms with E-state index in [-0.39, 0.29) is 30.0 Å². The molecule has 2 aromatic heterocycles. The van der Waals surface area contributed by atoms with E-state index in [1.165, 1.54) is 12.1 Å². The minimum Gasteiger partial charge on any atom is -0.471 e. The standard InChI is InChI=1S/C19H18F5N5O3/c1-10-6-13(28-17(27-10)29-15(30)12-3-4-12)16(31)26-8-11-2-5-14(25-7-11)32-9-18(20,21)19(22,23)24/h2,5-7,12H,3-4,8-9H2,1H3,(H,26,31)(H,27,28,29,30). The molecule has 0 atom stereocenters. The third-order valence-electron chi connectivity index (χ3n) is 4.34. The largest absolute Gasteiger partial charge is 0.471 e. The van der Waals surface area contributed by atoms with Crippen LogP contribution in [0.1, 0.15) is 34.6 Å². The number of nitrogens with one attached hydrogen (secondary N) is 2. The van der Waals surface area contributed by atoms with Gasteiger partial charge in [-0.25, -0.2) is 15.0 Å². The number of ether oxygens (including phenoxy) is 1. The zero-order chi connectivity index (χ0) is 23.5. The van der Waals surface area contributed by atoms with Crippen LogP contribution in [-0.4, -0.2) is 45.5 Å². The molecule has 0 saturated heterocycles. The number of hydrogen-bond donors (Lipinski definition) is 2. The highest BCUT2D eigenvalue weighted by Gasteiger charge is 2.58. The third-order valence-corrected chi connectivity index (χ3v) is 4.34. The van der Waals surface area contributed by atoms with Gasteiger partial charge in [0.2, 0.25) is 17.7 Å². The molecule has 32 heavy (non-hydrogen) atoms. The molecule has 0 spiro atoms. The third kappa shape index (κ3) is 6.08. The normalized spacial score (nSPS) is 14.1. The fourth-order valence-corrected chi connectivity index (χ4v) is 2.42. The Morgan fingerprint density at radius 3 is 2.47 bits per heavy atom. The van der Waals surface area contributed by atoms with Gasteiger partial charge in [-0.3, -0.25) is 14.9 Å². The van der Waals surface area contributed by atoms with Gasteiger partial charge in [0.1, 0.15) is 5.69 Å². The Bertz CT molecular complexity index is 994. The molecule has 1 saturated carbocycles. The Balaban J connectivity index is 1.54. The summed E-state index contributed by atoms with van der Waals surface area (Å²) in [7, 11) is 0. The Morgan fingerprint density at radius 1 is 1.16 bits per heavy atom. The van der Waals surface area contributed by atoms with Gasteiger partial charge >= 0.3 is 12.1 Å². The van der Waals surface area contributed by atoms with E-state index in [1.54, 1.807) is 6.92 Å². The number of hydrogen-bond acceptors (Lipinski definition) is 6. The molecule has 1 aliphatic rings. The number of aryl methyl sites for hydroxylation is 1. The van der Waals surface area contributed by atoms with Crippen molar-refractivity contribution in [2.45, 2.75) is 38.4 Å². The molecule has 172 valence electrons. The summed E-state index contributed by atoms with van der Waals surface area (Å²) in [5, 5.41) is 5.13. The molecule has 1 aliphatic carbocycles. The fourth-order valence-electron chi connectivity index (χ4n) is 2.42. The summed E-state index contributed by atoms with van der Waals surface area (Å²) in [6, 6.07) is 3.88. The summed E-state index contributed by atoms with van der Waals surface area (Å²) in [5.74, 6) is -6.24. The molecule has 2 N–H and O–H groups in total. The van der Waals surface area contributed by atoms with Crippen LogP contribution in [-0.2, 0) is 11.3 Å². The molecule has 0 radical (unpaired) electrons. The Kier molecular flexibility index (Phi) is 6.55. The van der Waals surface area contributed by atoms with Crippen LogP contribution in [0.25, 0.3) is 0 Å². The number of nitrogens with zero attached hydrogens (tertiary/aromatic N) is 3. The number of carbonyl (C=O) groups excluding carboxylic acids is 2. The molecule has 2 amide bonds. The summed E-state index contributed by atoms with van der Waals surface area (Å²) in [4.78, 5) is 36.0. The van der Waals surface area contributed by atoms with Crippen LogP contribution in [0.4, 0.5) is 27.9 Å². The molecule has 0 bridgehead atoms. The molecule has 0 aromatic carbocycles. The summed E-state index contributed by atoms with van der Waals surface area (Å²) in [6.07, 6.45) is -2.97. The summed E-state index contributed by atoms with van der Waals surface area (Å²) in [5.41, 5.74) is 0.919. The number of halogens is 5. The maximum Gasteiger partial charge on any atom is 0.456 e. The molecule has 1 fully saturated rings. The van der Waals surface area contributed by atoms with Gasteiger partial charge in [-0.15, -0.1) is 0 Å². The number of amides is 2. The van der Waals surface area contributed by atoms with Crippen molar-refractivity contribution in [1.82, 2.24) is 20.3 Å². The summed E-state index contributed by atoms with van der Waals surface area (Å²) >= 11 is 0. The van der Waals surface area contributed by atoms with Gasteiger partial charge in [0.05, 0.1) is 0 Å². The van der Waals surface area contributed by atoms with Crippen LogP contribution in [0.2, 0.25) is 0 Å². The Hall–Kier alpha value is -3.38. The first-order chi connectivity index (χ1) is 14.9. The summed E-state index contributed by atoms with van der Waals surface area (Å²) in [6.45, 7) is -0.292. The highest BCUT2D eigenvalue weighted by atomic mass is 19.4. The van der Waals surface area contributed by atoms with E-state index in [2.05, 4.69) is 30.3 Å². The molecule has 2 heterocycles. The quantitative estimate of drug-likeness (QED) is 0.588. The lowest BCUT2D eigenvalue weighted by Crippen LogP contribution is -2.41. The Labute approximate surface area is 178 Å². The van der Waals surface area contributed by atoms with Crippen LogP contribution in [0, 0.1) is 12.8 Å². The average Bonchev–Trinajstić information content (AvgIpc) is 3.55. The molecule has 2 aromatic rings. The number of aromatic nitrogens is 3. The van der Waals surface area contributed by atoms with Crippen molar-refractivity contribution in [1.29, 1.82) is 0 Å². The topological polar surface area (TPSA) is 106 Å². The van der Waals surface area contributed by atoms with Gasteiger partial charge in [0.15, 0.2) is 6.61 Å². The monoisotopic (exact) mass is 459 g/mol. The fraction of sp³-hybridized carbons (Fsp3) is 0.421. The zero-order valence-electron chi connectivity index (χ0n) is 16.7. The van der Waals surface area contributed by atoms with E-state index >= 15 is 0 Å². The highest BCUT2D eigenvalue weighted by molar-refractivity contribution is 5.95. The maximum absolute atomic E-state index is 12.9. The van der Waals surface area contributed by atoms with E-state index in [1.807, 2.05) is 0 Å². The number of alkyl halides is 5. The lowest BCUT2D eigenvalue weighted by Gasteiger charge is -2.19. The first kappa shape index (κ1) is 23.3. The SMILES string of the molecule is Cc1cc(C(=O)NCc2ccc(OCC(F)(F)C(F)(F)F)nc2)nc(NC(=O)C2CC2)n1. The number of carbonyl (C=O) groups is 2. The molecule has 3 rings (SSSR count). The van der Waals surface area contributed by atoms with Crippen molar-refractivity contribution in [3.05, 3.63) is 41.3 Å².